The van der Waals surface area contributed by atoms with Gasteiger partial charge in [-0.05, 0) is 81.0 Å². The van der Waals surface area contributed by atoms with Crippen molar-refractivity contribution in [3.05, 3.63) is 54.5 Å². The third-order valence-corrected chi connectivity index (χ3v) is 12.6. The average molecular weight is 788 g/mol. The second-order valence-electron chi connectivity index (χ2n) is 16.5. The van der Waals surface area contributed by atoms with E-state index >= 15 is 0 Å². The lowest BCUT2D eigenvalue weighted by molar-refractivity contribution is -0.120. The lowest BCUT2D eigenvalue weighted by Crippen LogP contribution is -2.49. The minimum Gasteiger partial charge on any atom is -0.371 e. The standard InChI is InChI=1S/C42H53N13O3/c1-49(2)40(57)35-24-29-26-44-41(47-38(29)55(35)30-6-4-5-7-30)45-36-11-9-32(27-43-36)53-22-20-51(21-23-53)16-12-28-13-17-52(18-14-28)31-8-10-33-34(25-31)50(3)48-39(33)54-19-15-37(56)46-42(54)58/h8-11,24-28,30H,4-7,12-23H2,1-3H3,(H,46,56,58)(H,43,44,45,47). The van der Waals surface area contributed by atoms with E-state index in [0.29, 0.717) is 35.7 Å². The molecule has 2 N–H and O–H groups in total. The highest BCUT2D eigenvalue weighted by Crippen LogP contribution is 2.36. The van der Waals surface area contributed by atoms with Gasteiger partial charge in [0.1, 0.15) is 17.2 Å². The zero-order valence-electron chi connectivity index (χ0n) is 33.7. The van der Waals surface area contributed by atoms with Crippen LogP contribution in [0.15, 0.2) is 48.8 Å². The number of nitrogens with zero attached hydrogens (tertiary/aromatic N) is 11. The Bertz CT molecular complexity index is 2310. The molecule has 1 aliphatic carbocycles. The van der Waals surface area contributed by atoms with Gasteiger partial charge in [0.05, 0.1) is 17.4 Å². The monoisotopic (exact) mass is 787 g/mol. The Morgan fingerprint density at radius 2 is 1.64 bits per heavy atom. The quantitative estimate of drug-likeness (QED) is 0.193. The first kappa shape index (κ1) is 37.8. The van der Waals surface area contributed by atoms with Gasteiger partial charge < -0.3 is 24.6 Å². The Morgan fingerprint density at radius 3 is 2.36 bits per heavy atom. The molecule has 4 fully saturated rings. The summed E-state index contributed by atoms with van der Waals surface area (Å²) in [5.41, 5.74) is 4.73. The fraction of sp³-hybridized carbons (Fsp3) is 0.500. The molecule has 0 atom stereocenters. The maximum absolute atomic E-state index is 13.1. The predicted octanol–water partition coefficient (Wildman–Crippen LogP) is 5.15. The number of benzene rings is 1. The number of piperazine rings is 1. The number of amides is 4. The van der Waals surface area contributed by atoms with Gasteiger partial charge in [-0.2, -0.15) is 10.1 Å². The van der Waals surface area contributed by atoms with Gasteiger partial charge in [0, 0.05) is 102 Å². The number of piperidine rings is 1. The van der Waals surface area contributed by atoms with Crippen LogP contribution in [0.4, 0.5) is 33.8 Å². The molecule has 4 aromatic heterocycles. The maximum Gasteiger partial charge on any atom is 0.329 e. The molecule has 0 bridgehead atoms. The van der Waals surface area contributed by atoms with Crippen molar-refractivity contribution in [1.82, 2.24) is 44.4 Å². The van der Waals surface area contributed by atoms with E-state index < -0.39 is 6.03 Å². The van der Waals surface area contributed by atoms with Crippen LogP contribution in [-0.2, 0) is 11.8 Å². The second kappa shape index (κ2) is 15.9. The van der Waals surface area contributed by atoms with Gasteiger partial charge >= 0.3 is 6.03 Å². The molecule has 9 rings (SSSR count). The topological polar surface area (TPSA) is 153 Å². The number of urea groups is 1. The van der Waals surface area contributed by atoms with Gasteiger partial charge in [-0.3, -0.25) is 29.4 Å². The van der Waals surface area contributed by atoms with E-state index in [1.54, 1.807) is 30.1 Å². The van der Waals surface area contributed by atoms with E-state index in [1.807, 2.05) is 30.1 Å². The van der Waals surface area contributed by atoms with Crippen molar-refractivity contribution in [3.8, 4) is 0 Å². The van der Waals surface area contributed by atoms with Gasteiger partial charge in [-0.15, -0.1) is 0 Å². The van der Waals surface area contributed by atoms with Crippen molar-refractivity contribution in [2.45, 2.75) is 57.4 Å². The van der Waals surface area contributed by atoms with Gasteiger partial charge in [0.15, 0.2) is 5.82 Å². The van der Waals surface area contributed by atoms with E-state index in [9.17, 15) is 14.4 Å². The molecule has 5 aromatic rings. The SMILES string of the molecule is CN(C)C(=O)c1cc2cnc(Nc3ccc(N4CCN(CCC5CCN(c6ccc7c(N8CCC(=O)NC8=O)nn(C)c7c6)CC5)CC4)cn3)nc2n1C1CCCC1. The number of aryl methyl sites for hydroxylation is 1. The van der Waals surface area contributed by atoms with Gasteiger partial charge in [0.25, 0.3) is 5.91 Å². The summed E-state index contributed by atoms with van der Waals surface area (Å²) in [6, 6.07) is 12.3. The van der Waals surface area contributed by atoms with Crippen LogP contribution in [0.2, 0.25) is 0 Å². The molecule has 1 aromatic carbocycles. The van der Waals surface area contributed by atoms with Crippen molar-refractivity contribution >= 4 is 68.7 Å². The normalized spacial score (nSPS) is 18.8. The van der Waals surface area contributed by atoms with E-state index in [2.05, 4.69) is 64.2 Å². The van der Waals surface area contributed by atoms with Crippen LogP contribution in [-0.4, -0.2) is 123 Å². The third-order valence-electron chi connectivity index (χ3n) is 12.6. The Morgan fingerprint density at radius 1 is 0.879 bits per heavy atom. The molecule has 304 valence electrons. The zero-order valence-corrected chi connectivity index (χ0v) is 33.7. The Balaban J connectivity index is 0.746. The van der Waals surface area contributed by atoms with Crippen LogP contribution < -0.4 is 25.3 Å². The number of pyridine rings is 1. The first-order valence-corrected chi connectivity index (χ1v) is 20.8. The summed E-state index contributed by atoms with van der Waals surface area (Å²) in [5.74, 6) is 2.20. The highest BCUT2D eigenvalue weighted by molar-refractivity contribution is 6.09. The van der Waals surface area contributed by atoms with Crippen LogP contribution in [0.3, 0.4) is 0 Å². The average Bonchev–Trinajstić information content (AvgIpc) is 3.98. The molecule has 16 nitrogen and oxygen atoms in total. The fourth-order valence-corrected chi connectivity index (χ4v) is 9.22. The van der Waals surface area contributed by atoms with Gasteiger partial charge in [-0.1, -0.05) is 12.8 Å². The number of nitrogens with one attached hydrogen (secondary N) is 2. The van der Waals surface area contributed by atoms with Crippen LogP contribution >= 0.6 is 0 Å². The number of aromatic nitrogens is 6. The van der Waals surface area contributed by atoms with E-state index in [-0.39, 0.29) is 24.3 Å². The minimum absolute atomic E-state index is 0.0173. The van der Waals surface area contributed by atoms with Crippen molar-refractivity contribution in [2.75, 3.05) is 86.5 Å². The smallest absolute Gasteiger partial charge is 0.329 e. The summed E-state index contributed by atoms with van der Waals surface area (Å²) < 4.78 is 3.96. The Labute approximate surface area is 338 Å². The summed E-state index contributed by atoms with van der Waals surface area (Å²) in [7, 11) is 5.48. The lowest BCUT2D eigenvalue weighted by atomic mass is 9.93. The number of hydrogen-bond acceptors (Lipinski definition) is 11. The summed E-state index contributed by atoms with van der Waals surface area (Å²) in [6.07, 6.45) is 12.0. The Kier molecular flexibility index (Phi) is 10.3. The van der Waals surface area contributed by atoms with Gasteiger partial charge in [0.2, 0.25) is 11.9 Å². The number of imide groups is 1. The molecule has 58 heavy (non-hydrogen) atoms. The summed E-state index contributed by atoms with van der Waals surface area (Å²) >= 11 is 0. The minimum atomic E-state index is -0.413. The molecule has 4 aliphatic rings. The number of carbonyl (C=O) groups is 3. The maximum atomic E-state index is 13.1. The molecule has 3 aliphatic heterocycles. The summed E-state index contributed by atoms with van der Waals surface area (Å²) in [5, 5.41) is 12.1. The molecule has 4 amide bonds. The lowest BCUT2D eigenvalue weighted by Gasteiger charge is -2.38. The molecule has 16 heteroatoms. The van der Waals surface area contributed by atoms with E-state index in [4.69, 9.17) is 9.97 Å². The fourth-order valence-electron chi connectivity index (χ4n) is 9.22. The highest BCUT2D eigenvalue weighted by Gasteiger charge is 2.30. The number of rotatable bonds is 10. The first-order chi connectivity index (χ1) is 28.2. The van der Waals surface area contributed by atoms with Crippen molar-refractivity contribution in [1.29, 1.82) is 0 Å². The number of hydrogen-bond donors (Lipinski definition) is 2. The molecule has 0 radical (unpaired) electrons. The van der Waals surface area contributed by atoms with Crippen LogP contribution in [0.1, 0.15) is 67.9 Å². The highest BCUT2D eigenvalue weighted by atomic mass is 16.2. The zero-order chi connectivity index (χ0) is 39.9. The van der Waals surface area contributed by atoms with Crippen molar-refractivity contribution in [2.24, 2.45) is 13.0 Å². The summed E-state index contributed by atoms with van der Waals surface area (Å²) in [6.45, 7) is 7.52. The first-order valence-electron chi connectivity index (χ1n) is 20.8. The molecule has 0 spiro atoms. The van der Waals surface area contributed by atoms with E-state index in [1.165, 1.54) is 24.9 Å². The number of carbonyl (C=O) groups excluding carboxylic acids is 3. The molecule has 7 heterocycles. The largest absolute Gasteiger partial charge is 0.371 e. The number of fused-ring (bicyclic) bond motifs is 2. The van der Waals surface area contributed by atoms with Crippen molar-refractivity contribution in [3.63, 3.8) is 0 Å². The second-order valence-corrected chi connectivity index (χ2v) is 16.5. The van der Waals surface area contributed by atoms with Crippen molar-refractivity contribution < 1.29 is 14.4 Å². The molecule has 1 saturated carbocycles. The Hall–Kier alpha value is -5.77. The third kappa shape index (κ3) is 7.52. The van der Waals surface area contributed by atoms with E-state index in [0.717, 1.165) is 99.1 Å². The van der Waals surface area contributed by atoms with Gasteiger partial charge in [-0.25, -0.2) is 14.8 Å². The predicted molar refractivity (Wildman–Crippen MR) is 225 cm³/mol. The van der Waals surface area contributed by atoms with Crippen LogP contribution in [0.5, 0.6) is 0 Å². The molecule has 0 unspecified atom stereocenters. The molecular weight excluding hydrogens is 735 g/mol. The number of anilines is 5. The van der Waals surface area contributed by atoms with Crippen LogP contribution in [0.25, 0.3) is 21.9 Å². The van der Waals surface area contributed by atoms with Crippen LogP contribution in [0, 0.1) is 5.92 Å². The molecular formula is C42H53N13O3. The molecule has 3 saturated heterocycles. The summed E-state index contributed by atoms with van der Waals surface area (Å²) in [4.78, 5) is 62.1.